The minimum atomic E-state index is -1.13. The van der Waals surface area contributed by atoms with Gasteiger partial charge in [0.25, 0.3) is 11.5 Å². The van der Waals surface area contributed by atoms with Crippen LogP contribution < -0.4 is 20.3 Å². The number of rotatable bonds is 5. The molecule has 0 bridgehead atoms. The number of carbonyl (C=O) groups is 2. The normalized spacial score (nSPS) is 12.9. The van der Waals surface area contributed by atoms with Crippen LogP contribution in [0.1, 0.15) is 17.4 Å². The number of pyridine rings is 1. The minimum absolute atomic E-state index is 0.0719. The van der Waals surface area contributed by atoms with Gasteiger partial charge in [-0.05, 0) is 36.1 Å². The van der Waals surface area contributed by atoms with Gasteiger partial charge in [0.05, 0.1) is 0 Å². The van der Waals surface area contributed by atoms with Crippen LogP contribution in [0.15, 0.2) is 77.6 Å². The summed E-state index contributed by atoms with van der Waals surface area (Å²) in [5.41, 5.74) is 1.54. The van der Waals surface area contributed by atoms with Gasteiger partial charge in [-0.25, -0.2) is 4.79 Å². The highest BCUT2D eigenvalue weighted by molar-refractivity contribution is 6.07. The Morgan fingerprint density at radius 1 is 0.943 bits per heavy atom. The Balaban J connectivity index is 1.47. The van der Waals surface area contributed by atoms with E-state index in [1.54, 1.807) is 36.4 Å². The molecule has 8 heteroatoms. The molecular formula is C27H22N2O6. The Hall–Kier alpha value is -4.59. The van der Waals surface area contributed by atoms with Crippen LogP contribution in [-0.4, -0.2) is 29.3 Å². The summed E-state index contributed by atoms with van der Waals surface area (Å²) in [6, 6.07) is 21.4. The van der Waals surface area contributed by atoms with E-state index in [0.717, 1.165) is 5.56 Å². The summed E-state index contributed by atoms with van der Waals surface area (Å²) in [6.07, 6.45) is -1.13. The first kappa shape index (κ1) is 22.2. The third kappa shape index (κ3) is 4.10. The summed E-state index contributed by atoms with van der Waals surface area (Å²) in [5.74, 6) is -0.189. The third-order valence-corrected chi connectivity index (χ3v) is 5.85. The number of amides is 1. The molecule has 1 aliphatic rings. The molecule has 0 aliphatic carbocycles. The second-order valence-corrected chi connectivity index (χ2v) is 8.10. The molecule has 1 aromatic heterocycles. The van der Waals surface area contributed by atoms with Crippen LogP contribution in [0.2, 0.25) is 0 Å². The van der Waals surface area contributed by atoms with E-state index in [0.29, 0.717) is 33.5 Å². The fourth-order valence-corrected chi connectivity index (χ4v) is 4.09. The number of benzene rings is 3. The third-order valence-electron chi connectivity index (χ3n) is 5.85. The predicted octanol–water partition coefficient (Wildman–Crippen LogP) is 4.12. The molecule has 1 aliphatic heterocycles. The van der Waals surface area contributed by atoms with Gasteiger partial charge in [-0.3, -0.25) is 9.59 Å². The topological polar surface area (TPSA) is 95.9 Å². The average molecular weight is 470 g/mol. The molecule has 8 nitrogen and oxygen atoms in total. The molecule has 1 unspecified atom stereocenters. The Kier molecular flexibility index (Phi) is 5.70. The number of fused-ring (bicyclic) bond motifs is 2. The van der Waals surface area contributed by atoms with Crippen molar-refractivity contribution in [2.45, 2.75) is 13.0 Å². The molecular weight excluding hydrogens is 448 g/mol. The first-order valence-corrected chi connectivity index (χ1v) is 11.0. The summed E-state index contributed by atoms with van der Waals surface area (Å²) >= 11 is 0. The maximum Gasteiger partial charge on any atom is 0.356 e. The molecule has 5 rings (SSSR count). The molecule has 0 fully saturated rings. The fourth-order valence-electron chi connectivity index (χ4n) is 4.09. The number of nitrogens with zero attached hydrogens (tertiary/aromatic N) is 1. The molecule has 2 heterocycles. The molecule has 4 aromatic rings. The zero-order valence-electron chi connectivity index (χ0n) is 19.1. The van der Waals surface area contributed by atoms with E-state index >= 15 is 0 Å². The van der Waals surface area contributed by atoms with E-state index in [2.05, 4.69) is 5.32 Å². The smallest absolute Gasteiger partial charge is 0.356 e. The zero-order valence-corrected chi connectivity index (χ0v) is 19.1. The SMILES string of the molecule is CC(OC(=O)c1c(-c2ccccc2)c2ccccc2c(=O)n1C)C(=O)Nc1ccc2c(c1)OCO2. The number of esters is 1. The van der Waals surface area contributed by atoms with Gasteiger partial charge < -0.3 is 24.1 Å². The standard InChI is InChI=1S/C27H22N2O6/c1-16(25(30)28-18-12-13-21-22(14-18)34-15-33-21)35-27(32)24-23(17-8-4-3-5-9-17)19-10-6-7-11-20(19)26(31)29(24)2/h3-14,16H,15H2,1-2H3,(H,28,30). The molecule has 0 spiro atoms. The van der Waals surface area contributed by atoms with Crippen LogP contribution in [0.5, 0.6) is 11.5 Å². The van der Waals surface area contributed by atoms with Crippen LogP contribution in [0.4, 0.5) is 5.69 Å². The van der Waals surface area contributed by atoms with E-state index in [4.69, 9.17) is 14.2 Å². The largest absolute Gasteiger partial charge is 0.454 e. The summed E-state index contributed by atoms with van der Waals surface area (Å²) in [4.78, 5) is 39.2. The molecule has 35 heavy (non-hydrogen) atoms. The number of anilines is 1. The van der Waals surface area contributed by atoms with Crippen molar-refractivity contribution in [3.05, 3.63) is 88.8 Å². The number of ether oxygens (including phenoxy) is 3. The first-order chi connectivity index (χ1) is 16.9. The lowest BCUT2D eigenvalue weighted by Gasteiger charge is -2.19. The van der Waals surface area contributed by atoms with Gasteiger partial charge in [0.1, 0.15) is 5.69 Å². The molecule has 0 saturated heterocycles. The van der Waals surface area contributed by atoms with E-state index in [9.17, 15) is 14.4 Å². The van der Waals surface area contributed by atoms with Crippen LogP contribution >= 0.6 is 0 Å². The number of carbonyl (C=O) groups excluding carboxylic acids is 2. The van der Waals surface area contributed by atoms with Crippen molar-refractivity contribution in [1.29, 1.82) is 0 Å². The Morgan fingerprint density at radius 3 is 2.40 bits per heavy atom. The second kappa shape index (κ2) is 8.98. The van der Waals surface area contributed by atoms with E-state index in [-0.39, 0.29) is 18.0 Å². The number of nitrogens with one attached hydrogen (secondary N) is 1. The lowest BCUT2D eigenvalue weighted by atomic mass is 9.97. The Bertz CT molecular complexity index is 1510. The highest BCUT2D eigenvalue weighted by atomic mass is 16.7. The fraction of sp³-hybridized carbons (Fsp3) is 0.148. The van der Waals surface area contributed by atoms with Gasteiger partial charge in [0.15, 0.2) is 17.6 Å². The summed E-state index contributed by atoms with van der Waals surface area (Å²) < 4.78 is 17.4. The van der Waals surface area contributed by atoms with Crippen molar-refractivity contribution in [1.82, 2.24) is 4.57 Å². The van der Waals surface area contributed by atoms with Gasteiger partial charge >= 0.3 is 5.97 Å². The number of aromatic nitrogens is 1. The maximum absolute atomic E-state index is 13.4. The van der Waals surface area contributed by atoms with Crippen LogP contribution in [-0.2, 0) is 16.6 Å². The number of hydrogen-bond donors (Lipinski definition) is 1. The lowest BCUT2D eigenvalue weighted by molar-refractivity contribution is -0.123. The van der Waals surface area contributed by atoms with Crippen LogP contribution in [0.25, 0.3) is 21.9 Å². The van der Waals surface area contributed by atoms with Gasteiger partial charge in [-0.15, -0.1) is 0 Å². The quantitative estimate of drug-likeness (QED) is 0.441. The maximum atomic E-state index is 13.4. The van der Waals surface area contributed by atoms with Gasteiger partial charge in [0, 0.05) is 29.8 Å². The second-order valence-electron chi connectivity index (χ2n) is 8.10. The molecule has 1 amide bonds. The number of hydrogen-bond acceptors (Lipinski definition) is 6. The summed E-state index contributed by atoms with van der Waals surface area (Å²) in [7, 11) is 1.52. The minimum Gasteiger partial charge on any atom is -0.454 e. The molecule has 176 valence electrons. The van der Waals surface area contributed by atoms with E-state index in [1.807, 2.05) is 36.4 Å². The van der Waals surface area contributed by atoms with Crippen molar-refractivity contribution in [2.24, 2.45) is 7.05 Å². The van der Waals surface area contributed by atoms with E-state index in [1.165, 1.54) is 18.5 Å². The molecule has 0 radical (unpaired) electrons. The highest BCUT2D eigenvalue weighted by Gasteiger charge is 2.26. The lowest BCUT2D eigenvalue weighted by Crippen LogP contribution is -2.32. The van der Waals surface area contributed by atoms with Crippen LogP contribution in [0.3, 0.4) is 0 Å². The summed E-state index contributed by atoms with van der Waals surface area (Å²) in [5, 5.41) is 3.83. The Morgan fingerprint density at radius 2 is 1.63 bits per heavy atom. The van der Waals surface area contributed by atoms with Gasteiger partial charge in [0.2, 0.25) is 6.79 Å². The van der Waals surface area contributed by atoms with Crippen molar-refractivity contribution in [2.75, 3.05) is 12.1 Å². The molecule has 0 saturated carbocycles. The van der Waals surface area contributed by atoms with Crippen molar-refractivity contribution < 1.29 is 23.8 Å². The predicted molar refractivity (Wildman–Crippen MR) is 131 cm³/mol. The monoisotopic (exact) mass is 470 g/mol. The van der Waals surface area contributed by atoms with Crippen molar-refractivity contribution in [3.8, 4) is 22.6 Å². The Labute approximate surface area is 200 Å². The molecule has 1 N–H and O–H groups in total. The molecule has 3 aromatic carbocycles. The zero-order chi connectivity index (χ0) is 24.5. The van der Waals surface area contributed by atoms with Crippen molar-refractivity contribution >= 4 is 28.3 Å². The van der Waals surface area contributed by atoms with Gasteiger partial charge in [-0.1, -0.05) is 48.5 Å². The first-order valence-electron chi connectivity index (χ1n) is 11.0. The highest BCUT2D eigenvalue weighted by Crippen LogP contribution is 2.34. The van der Waals surface area contributed by atoms with Crippen LogP contribution in [0, 0.1) is 0 Å². The average Bonchev–Trinajstić information content (AvgIpc) is 3.34. The van der Waals surface area contributed by atoms with Crippen molar-refractivity contribution in [3.63, 3.8) is 0 Å². The molecule has 1 atom stereocenters. The van der Waals surface area contributed by atoms with E-state index < -0.39 is 18.0 Å². The van der Waals surface area contributed by atoms with Gasteiger partial charge in [-0.2, -0.15) is 0 Å². The summed E-state index contributed by atoms with van der Waals surface area (Å²) in [6.45, 7) is 1.59.